The van der Waals surface area contributed by atoms with Gasteiger partial charge in [0.15, 0.2) is 0 Å². The number of carbonyl (C=O) groups excluding carboxylic acids is 1. The van der Waals surface area contributed by atoms with Crippen LogP contribution in [0.4, 0.5) is 0 Å². The van der Waals surface area contributed by atoms with Crippen molar-refractivity contribution in [1.82, 2.24) is 4.90 Å². The molecule has 1 aromatic rings. The number of carbonyl (C=O) groups is 1. The van der Waals surface area contributed by atoms with Gasteiger partial charge in [-0.3, -0.25) is 4.79 Å². The van der Waals surface area contributed by atoms with Crippen molar-refractivity contribution in [2.75, 3.05) is 13.1 Å². The fourth-order valence-corrected chi connectivity index (χ4v) is 2.75. The second-order valence-electron chi connectivity index (χ2n) is 4.59. The smallest absolute Gasteiger partial charge is 0.255 e. The first-order valence-electron chi connectivity index (χ1n) is 5.96. The molecule has 2 rings (SSSR count). The van der Waals surface area contributed by atoms with Gasteiger partial charge in [0.25, 0.3) is 5.91 Å². The molecule has 0 aliphatic carbocycles. The highest BCUT2D eigenvalue weighted by molar-refractivity contribution is 7.89. The molecule has 0 fully saturated rings. The van der Waals surface area contributed by atoms with Crippen molar-refractivity contribution in [2.45, 2.75) is 18.2 Å². The molecule has 2 N–H and O–H groups in total. The third kappa shape index (κ3) is 3.02. The molecule has 1 amide bonds. The molecule has 0 unspecified atom stereocenters. The quantitative estimate of drug-likeness (QED) is 0.824. The van der Waals surface area contributed by atoms with Crippen molar-refractivity contribution in [3.05, 3.63) is 41.5 Å². The summed E-state index contributed by atoms with van der Waals surface area (Å²) >= 11 is 0. The van der Waals surface area contributed by atoms with Crippen molar-refractivity contribution in [2.24, 2.45) is 5.14 Å². The second kappa shape index (κ2) is 5.14. The molecule has 0 aromatic heterocycles. The van der Waals surface area contributed by atoms with Crippen LogP contribution in [0.15, 0.2) is 40.8 Å². The zero-order chi connectivity index (χ0) is 14.0. The standard InChI is InChI=1S/C13H16N2O3S/c1-10-6-8-15(9-7-10)13(16)11-4-2-3-5-12(11)19(14,17)18/h2-6H,7-9H2,1H3,(H2,14,17,18). The van der Waals surface area contributed by atoms with Gasteiger partial charge in [-0.25, -0.2) is 13.6 Å². The minimum absolute atomic E-state index is 0.119. The summed E-state index contributed by atoms with van der Waals surface area (Å²) in [5.41, 5.74) is 1.38. The molecule has 0 radical (unpaired) electrons. The zero-order valence-electron chi connectivity index (χ0n) is 10.7. The Morgan fingerprint density at radius 1 is 1.32 bits per heavy atom. The van der Waals surface area contributed by atoms with Gasteiger partial charge < -0.3 is 4.90 Å². The predicted molar refractivity (Wildman–Crippen MR) is 72.1 cm³/mol. The summed E-state index contributed by atoms with van der Waals surface area (Å²) in [4.78, 5) is 13.9. The summed E-state index contributed by atoms with van der Waals surface area (Å²) in [5, 5.41) is 5.14. The summed E-state index contributed by atoms with van der Waals surface area (Å²) in [6.45, 7) is 3.11. The Kier molecular flexibility index (Phi) is 3.73. The third-order valence-electron chi connectivity index (χ3n) is 3.15. The first kappa shape index (κ1) is 13.8. The van der Waals surface area contributed by atoms with Gasteiger partial charge in [-0.2, -0.15) is 0 Å². The maximum absolute atomic E-state index is 12.4. The normalized spacial score (nSPS) is 16.1. The van der Waals surface area contributed by atoms with Crippen molar-refractivity contribution < 1.29 is 13.2 Å². The van der Waals surface area contributed by atoms with Gasteiger partial charge in [0.2, 0.25) is 10.0 Å². The number of hydrogen-bond donors (Lipinski definition) is 1. The van der Waals surface area contributed by atoms with Gasteiger partial charge in [-0.1, -0.05) is 23.8 Å². The van der Waals surface area contributed by atoms with Gasteiger partial charge in [0.1, 0.15) is 0 Å². The van der Waals surface area contributed by atoms with E-state index >= 15 is 0 Å². The van der Waals surface area contributed by atoms with Gasteiger partial charge in [-0.05, 0) is 25.5 Å². The fourth-order valence-electron chi connectivity index (χ4n) is 2.02. The van der Waals surface area contributed by atoms with E-state index < -0.39 is 10.0 Å². The van der Waals surface area contributed by atoms with E-state index in [1.807, 2.05) is 13.0 Å². The number of nitrogens with two attached hydrogens (primary N) is 1. The van der Waals surface area contributed by atoms with E-state index in [0.29, 0.717) is 13.1 Å². The van der Waals surface area contributed by atoms with E-state index in [-0.39, 0.29) is 16.4 Å². The molecule has 0 saturated heterocycles. The van der Waals surface area contributed by atoms with Crippen LogP contribution >= 0.6 is 0 Å². The summed E-state index contributed by atoms with van der Waals surface area (Å²) in [6, 6.07) is 6.03. The molecule has 5 nitrogen and oxygen atoms in total. The first-order chi connectivity index (χ1) is 8.89. The van der Waals surface area contributed by atoms with Gasteiger partial charge >= 0.3 is 0 Å². The van der Waals surface area contributed by atoms with Crippen LogP contribution in [-0.2, 0) is 10.0 Å². The van der Waals surface area contributed by atoms with Gasteiger partial charge in [0, 0.05) is 13.1 Å². The molecule has 1 aliphatic rings. The van der Waals surface area contributed by atoms with E-state index in [9.17, 15) is 13.2 Å². The lowest BCUT2D eigenvalue weighted by Crippen LogP contribution is -2.35. The van der Waals surface area contributed by atoms with Crippen LogP contribution in [0.5, 0.6) is 0 Å². The molecule has 0 spiro atoms. The number of primary sulfonamides is 1. The number of benzene rings is 1. The third-order valence-corrected chi connectivity index (χ3v) is 4.12. The molecular weight excluding hydrogens is 264 g/mol. The summed E-state index contributed by atoms with van der Waals surface area (Å²) < 4.78 is 23.0. The topological polar surface area (TPSA) is 80.5 Å². The van der Waals surface area contributed by atoms with Crippen molar-refractivity contribution in [3.63, 3.8) is 0 Å². The van der Waals surface area contributed by atoms with E-state index in [0.717, 1.165) is 6.42 Å². The summed E-state index contributed by atoms with van der Waals surface area (Å²) in [6.07, 6.45) is 2.78. The molecular formula is C13H16N2O3S. The molecule has 0 atom stereocenters. The monoisotopic (exact) mass is 280 g/mol. The van der Waals surface area contributed by atoms with E-state index in [1.165, 1.54) is 17.7 Å². The largest absolute Gasteiger partial charge is 0.335 e. The number of amides is 1. The Labute approximate surface area is 112 Å². The van der Waals surface area contributed by atoms with Crippen LogP contribution in [0.3, 0.4) is 0 Å². The molecule has 19 heavy (non-hydrogen) atoms. The van der Waals surface area contributed by atoms with Crippen molar-refractivity contribution >= 4 is 15.9 Å². The Morgan fingerprint density at radius 2 is 2.00 bits per heavy atom. The Balaban J connectivity index is 2.35. The average molecular weight is 280 g/mol. The summed E-state index contributed by atoms with van der Waals surface area (Å²) in [7, 11) is -3.89. The van der Waals surface area contributed by atoms with E-state index in [1.54, 1.807) is 17.0 Å². The molecule has 102 valence electrons. The van der Waals surface area contributed by atoms with Crippen LogP contribution in [0.25, 0.3) is 0 Å². The van der Waals surface area contributed by atoms with Gasteiger partial charge in [-0.15, -0.1) is 0 Å². The molecule has 1 aliphatic heterocycles. The predicted octanol–water partition coefficient (Wildman–Crippen LogP) is 1.13. The van der Waals surface area contributed by atoms with E-state index in [4.69, 9.17) is 5.14 Å². The highest BCUT2D eigenvalue weighted by Crippen LogP contribution is 2.18. The lowest BCUT2D eigenvalue weighted by molar-refractivity contribution is 0.0765. The average Bonchev–Trinajstić information content (AvgIpc) is 2.38. The minimum Gasteiger partial charge on any atom is -0.335 e. The maximum Gasteiger partial charge on any atom is 0.255 e. The molecule has 6 heteroatoms. The molecule has 1 aromatic carbocycles. The number of nitrogens with zero attached hydrogens (tertiary/aromatic N) is 1. The number of rotatable bonds is 2. The van der Waals surface area contributed by atoms with Crippen LogP contribution in [-0.4, -0.2) is 32.3 Å². The van der Waals surface area contributed by atoms with E-state index in [2.05, 4.69) is 0 Å². The Hall–Kier alpha value is -1.66. The van der Waals surface area contributed by atoms with Crippen molar-refractivity contribution in [1.29, 1.82) is 0 Å². The zero-order valence-corrected chi connectivity index (χ0v) is 11.5. The minimum atomic E-state index is -3.89. The van der Waals surface area contributed by atoms with Crippen LogP contribution in [0, 0.1) is 0 Å². The Morgan fingerprint density at radius 3 is 2.58 bits per heavy atom. The molecule has 1 heterocycles. The van der Waals surface area contributed by atoms with Crippen LogP contribution < -0.4 is 5.14 Å². The number of hydrogen-bond acceptors (Lipinski definition) is 3. The fraction of sp³-hybridized carbons (Fsp3) is 0.308. The first-order valence-corrected chi connectivity index (χ1v) is 7.51. The summed E-state index contributed by atoms with van der Waals surface area (Å²) in [5.74, 6) is -0.298. The van der Waals surface area contributed by atoms with Crippen LogP contribution in [0.1, 0.15) is 23.7 Å². The highest BCUT2D eigenvalue weighted by Gasteiger charge is 2.23. The Bertz CT molecular complexity index is 635. The lowest BCUT2D eigenvalue weighted by Gasteiger charge is -2.26. The second-order valence-corrected chi connectivity index (χ2v) is 6.12. The molecule has 0 saturated carbocycles. The highest BCUT2D eigenvalue weighted by atomic mass is 32.2. The SMILES string of the molecule is CC1=CCN(C(=O)c2ccccc2S(N)(=O)=O)CC1. The number of sulfonamides is 1. The van der Waals surface area contributed by atoms with Crippen molar-refractivity contribution in [3.8, 4) is 0 Å². The molecule has 0 bridgehead atoms. The van der Waals surface area contributed by atoms with Crippen LogP contribution in [0.2, 0.25) is 0 Å². The lowest BCUT2D eigenvalue weighted by atomic mass is 10.1. The maximum atomic E-state index is 12.4. The van der Waals surface area contributed by atoms with Gasteiger partial charge in [0.05, 0.1) is 10.5 Å².